The highest BCUT2D eigenvalue weighted by molar-refractivity contribution is 7.86. The van der Waals surface area contributed by atoms with E-state index in [0.717, 1.165) is 26.8 Å². The maximum absolute atomic E-state index is 15.4. The van der Waals surface area contributed by atoms with Gasteiger partial charge in [-0.1, -0.05) is 170 Å². The zero-order valence-corrected chi connectivity index (χ0v) is 26.7. The normalized spacial score (nSPS) is 11.7. The maximum atomic E-state index is 15.4. The van der Waals surface area contributed by atoms with Crippen LogP contribution < -0.4 is 31.8 Å². The average molecular weight is 633 g/mol. The molecular formula is C40H30N2O2P2. The van der Waals surface area contributed by atoms with Crippen LogP contribution in [0.2, 0.25) is 0 Å². The van der Waals surface area contributed by atoms with Crippen molar-refractivity contribution in [3.8, 4) is 22.6 Å². The topological polar surface area (TPSA) is 59.9 Å². The molecule has 222 valence electrons. The molecule has 0 bridgehead atoms. The summed E-state index contributed by atoms with van der Waals surface area (Å²) in [6.45, 7) is 0. The smallest absolute Gasteiger partial charge is 0.171 e. The molecule has 0 fully saturated rings. The summed E-state index contributed by atoms with van der Waals surface area (Å²) < 4.78 is 30.8. The largest absolute Gasteiger partial charge is 0.309 e. The Morgan fingerprint density at radius 3 is 1.15 bits per heavy atom. The Morgan fingerprint density at radius 2 is 0.717 bits per heavy atom. The van der Waals surface area contributed by atoms with Gasteiger partial charge < -0.3 is 9.13 Å². The lowest BCUT2D eigenvalue weighted by Crippen LogP contribution is -2.27. The predicted octanol–water partition coefficient (Wildman–Crippen LogP) is 7.09. The lowest BCUT2D eigenvalue weighted by molar-refractivity contribution is 0.591. The van der Waals surface area contributed by atoms with Crippen LogP contribution in [0.3, 0.4) is 0 Å². The van der Waals surface area contributed by atoms with Crippen LogP contribution in [-0.4, -0.2) is 9.97 Å². The van der Waals surface area contributed by atoms with Crippen LogP contribution in [-0.2, 0) is 9.13 Å². The lowest BCUT2D eigenvalue weighted by Gasteiger charge is -2.23. The average Bonchev–Trinajstić information content (AvgIpc) is 3.15. The molecular weight excluding hydrogens is 602 g/mol. The summed E-state index contributed by atoms with van der Waals surface area (Å²) in [5.41, 5.74) is 2.08. The minimum Gasteiger partial charge on any atom is -0.309 e. The van der Waals surface area contributed by atoms with Gasteiger partial charge >= 0.3 is 0 Å². The molecule has 0 radical (unpaired) electrons. The molecule has 4 nitrogen and oxygen atoms in total. The van der Waals surface area contributed by atoms with Crippen LogP contribution in [0.4, 0.5) is 0 Å². The zero-order valence-electron chi connectivity index (χ0n) is 24.9. The quantitative estimate of drug-likeness (QED) is 0.168. The van der Waals surface area contributed by atoms with Crippen LogP contribution in [0.15, 0.2) is 182 Å². The molecule has 1 heterocycles. The molecule has 0 aliphatic heterocycles. The third-order valence-corrected chi connectivity index (χ3v) is 14.4. The first kappa shape index (κ1) is 29.6. The van der Waals surface area contributed by atoms with E-state index in [4.69, 9.17) is 9.97 Å². The minimum absolute atomic E-state index is 0.448. The molecule has 0 aliphatic carbocycles. The summed E-state index contributed by atoms with van der Waals surface area (Å²) in [5, 5.41) is 4.34. The van der Waals surface area contributed by atoms with E-state index >= 15 is 9.13 Å². The van der Waals surface area contributed by atoms with Gasteiger partial charge in [0.25, 0.3) is 0 Å². The van der Waals surface area contributed by atoms with Crippen molar-refractivity contribution in [3.63, 3.8) is 0 Å². The van der Waals surface area contributed by atoms with Gasteiger partial charge in [0, 0.05) is 49.2 Å². The van der Waals surface area contributed by atoms with E-state index < -0.39 is 14.3 Å². The van der Waals surface area contributed by atoms with E-state index in [1.807, 2.05) is 176 Å². The van der Waals surface area contributed by atoms with Crippen molar-refractivity contribution in [1.82, 2.24) is 9.97 Å². The Bertz CT molecular complexity index is 1970. The van der Waals surface area contributed by atoms with E-state index in [0.29, 0.717) is 27.7 Å². The Hall–Kier alpha value is -5.14. The van der Waals surface area contributed by atoms with Crippen LogP contribution >= 0.6 is 14.3 Å². The van der Waals surface area contributed by atoms with E-state index in [1.54, 1.807) is 6.20 Å². The van der Waals surface area contributed by atoms with Crippen molar-refractivity contribution >= 4 is 46.1 Å². The second-order valence-corrected chi connectivity index (χ2v) is 16.3. The molecule has 1 aromatic heterocycles. The standard InChI is InChI=1S/C40H30N2O2P2/c43-45(31-17-5-1-6-18-31,32-19-7-2-8-20-32)38-27-15-13-25-35(38)37-29-30-41-40(42-37)36-26-14-16-28-39(36)46(44,33-21-9-3-10-22-33)34-23-11-4-12-24-34/h1-30H. The first-order chi connectivity index (χ1) is 22.6. The number of aromatic nitrogens is 2. The van der Waals surface area contributed by atoms with Gasteiger partial charge in [-0.05, 0) is 6.07 Å². The monoisotopic (exact) mass is 632 g/mol. The van der Waals surface area contributed by atoms with Crippen molar-refractivity contribution in [3.05, 3.63) is 182 Å². The van der Waals surface area contributed by atoms with E-state index in [2.05, 4.69) is 0 Å². The van der Waals surface area contributed by atoms with E-state index in [-0.39, 0.29) is 0 Å². The van der Waals surface area contributed by atoms with Crippen molar-refractivity contribution in [1.29, 1.82) is 0 Å². The molecule has 6 heteroatoms. The van der Waals surface area contributed by atoms with Crippen molar-refractivity contribution in [2.75, 3.05) is 0 Å². The summed E-state index contributed by atoms with van der Waals surface area (Å²) in [6.07, 6.45) is 1.72. The maximum Gasteiger partial charge on any atom is 0.171 e. The number of hydrogen-bond acceptors (Lipinski definition) is 4. The Labute approximate surface area is 269 Å². The molecule has 6 aromatic carbocycles. The van der Waals surface area contributed by atoms with Crippen molar-refractivity contribution in [2.24, 2.45) is 0 Å². The molecule has 0 aliphatic rings. The molecule has 0 amide bonds. The molecule has 46 heavy (non-hydrogen) atoms. The number of hydrogen-bond donors (Lipinski definition) is 0. The van der Waals surface area contributed by atoms with Gasteiger partial charge in [-0.15, -0.1) is 0 Å². The summed E-state index contributed by atoms with van der Waals surface area (Å²) in [5.74, 6) is 0.448. The number of benzene rings is 6. The molecule has 0 N–H and O–H groups in total. The van der Waals surface area contributed by atoms with E-state index in [9.17, 15) is 0 Å². The summed E-state index contributed by atoms with van der Waals surface area (Å²) in [4.78, 5) is 9.79. The number of rotatable bonds is 8. The fraction of sp³-hybridized carbons (Fsp3) is 0. The van der Waals surface area contributed by atoms with Crippen LogP contribution in [0, 0.1) is 0 Å². The second kappa shape index (κ2) is 12.7. The van der Waals surface area contributed by atoms with Gasteiger partial charge in [0.05, 0.1) is 5.69 Å². The molecule has 7 aromatic rings. The fourth-order valence-electron chi connectivity index (χ4n) is 5.95. The molecule has 0 saturated carbocycles. The third kappa shape index (κ3) is 5.26. The van der Waals surface area contributed by atoms with Crippen molar-refractivity contribution in [2.45, 2.75) is 0 Å². The Kier molecular flexibility index (Phi) is 8.16. The minimum atomic E-state index is -3.31. The van der Waals surface area contributed by atoms with Gasteiger partial charge in [0.1, 0.15) is 0 Å². The van der Waals surface area contributed by atoms with Crippen molar-refractivity contribution < 1.29 is 9.13 Å². The van der Waals surface area contributed by atoms with Crippen LogP contribution in [0.5, 0.6) is 0 Å². The van der Waals surface area contributed by atoms with Crippen LogP contribution in [0.25, 0.3) is 22.6 Å². The SMILES string of the molecule is O=P(c1ccccc1)(c1ccccc1)c1ccccc1-c1ccnc(-c2ccccc2P(=O)(c2ccccc2)c2ccccc2)n1. The highest BCUT2D eigenvalue weighted by Gasteiger charge is 2.34. The molecule has 7 rings (SSSR count). The fourth-order valence-corrected chi connectivity index (χ4v) is 11.7. The third-order valence-electron chi connectivity index (χ3n) is 8.14. The molecule has 0 unspecified atom stereocenters. The van der Waals surface area contributed by atoms with Crippen LogP contribution in [0.1, 0.15) is 0 Å². The number of nitrogens with zero attached hydrogens (tertiary/aromatic N) is 2. The highest BCUT2D eigenvalue weighted by atomic mass is 31.2. The predicted molar refractivity (Wildman–Crippen MR) is 192 cm³/mol. The molecule has 0 atom stereocenters. The lowest BCUT2D eigenvalue weighted by atomic mass is 10.1. The summed E-state index contributed by atoms with van der Waals surface area (Å²) in [7, 11) is -6.60. The molecule has 0 spiro atoms. The van der Waals surface area contributed by atoms with Gasteiger partial charge in [-0.3, -0.25) is 0 Å². The second-order valence-electron chi connectivity index (χ2n) is 10.9. The van der Waals surface area contributed by atoms with Gasteiger partial charge in [-0.25, -0.2) is 9.97 Å². The van der Waals surface area contributed by atoms with Gasteiger partial charge in [0.15, 0.2) is 20.1 Å². The summed E-state index contributed by atoms with van der Waals surface area (Å²) >= 11 is 0. The Balaban J connectivity index is 1.42. The Morgan fingerprint density at radius 1 is 0.370 bits per heavy atom. The highest BCUT2D eigenvalue weighted by Crippen LogP contribution is 2.46. The summed E-state index contributed by atoms with van der Waals surface area (Å²) in [6, 6.07) is 55.7. The molecule has 0 saturated heterocycles. The van der Waals surface area contributed by atoms with Gasteiger partial charge in [-0.2, -0.15) is 0 Å². The zero-order chi connectivity index (χ0) is 31.4. The first-order valence-electron chi connectivity index (χ1n) is 15.1. The van der Waals surface area contributed by atoms with E-state index in [1.165, 1.54) is 0 Å². The van der Waals surface area contributed by atoms with Gasteiger partial charge in [0.2, 0.25) is 0 Å². The first-order valence-corrected chi connectivity index (χ1v) is 18.5.